The van der Waals surface area contributed by atoms with Crippen LogP contribution >= 0.6 is 11.3 Å². The van der Waals surface area contributed by atoms with Crippen molar-refractivity contribution in [2.24, 2.45) is 0 Å². The lowest BCUT2D eigenvalue weighted by atomic mass is 10.0. The molecule has 2 aromatic rings. The van der Waals surface area contributed by atoms with E-state index < -0.39 is 0 Å². The highest BCUT2D eigenvalue weighted by molar-refractivity contribution is 7.10. The van der Waals surface area contributed by atoms with Crippen molar-refractivity contribution < 1.29 is 0 Å². The summed E-state index contributed by atoms with van der Waals surface area (Å²) in [6.07, 6.45) is 4.35. The molecule has 1 fully saturated rings. The fourth-order valence-electron chi connectivity index (χ4n) is 2.84. The second-order valence-corrected chi connectivity index (χ2v) is 6.78. The van der Waals surface area contributed by atoms with E-state index in [2.05, 4.69) is 45.7 Å². The number of hydrogen-bond acceptors (Lipinski definition) is 4. The van der Waals surface area contributed by atoms with Gasteiger partial charge >= 0.3 is 0 Å². The molecule has 0 bridgehead atoms. The zero-order valence-corrected chi connectivity index (χ0v) is 13.4. The summed E-state index contributed by atoms with van der Waals surface area (Å²) in [5, 5.41) is 5.90. The maximum Gasteiger partial charge on any atom is 0.0543 e. The highest BCUT2D eigenvalue weighted by Gasteiger charge is 2.19. The van der Waals surface area contributed by atoms with Crippen LogP contribution in [0.5, 0.6) is 0 Å². The van der Waals surface area contributed by atoms with E-state index >= 15 is 0 Å². The molecule has 0 unspecified atom stereocenters. The van der Waals surface area contributed by atoms with Gasteiger partial charge in [0.1, 0.15) is 0 Å². The third-order valence-electron chi connectivity index (χ3n) is 4.22. The molecule has 0 atom stereocenters. The molecule has 112 valence electrons. The van der Waals surface area contributed by atoms with Gasteiger partial charge in [0.25, 0.3) is 0 Å². The number of hydrogen-bond donors (Lipinski definition) is 1. The number of nitrogens with zero attached hydrogens (tertiary/aromatic N) is 2. The number of nitrogens with one attached hydrogen (secondary N) is 1. The largest absolute Gasteiger partial charge is 0.309 e. The highest BCUT2D eigenvalue weighted by Crippen LogP contribution is 2.17. The van der Waals surface area contributed by atoms with Gasteiger partial charge < -0.3 is 5.32 Å². The summed E-state index contributed by atoms with van der Waals surface area (Å²) in [5.74, 6) is 0. The van der Waals surface area contributed by atoms with Crippen LogP contribution in [0.1, 0.15) is 29.0 Å². The Morgan fingerprint density at radius 1 is 1.29 bits per heavy atom. The van der Waals surface area contributed by atoms with Gasteiger partial charge in [-0.05, 0) is 48.9 Å². The summed E-state index contributed by atoms with van der Waals surface area (Å²) in [4.78, 5) is 8.40. The normalized spacial score (nSPS) is 17.2. The van der Waals surface area contributed by atoms with Crippen LogP contribution in [0.4, 0.5) is 0 Å². The molecular weight excluding hydrogens is 278 g/mol. The van der Waals surface area contributed by atoms with Gasteiger partial charge in [0.05, 0.1) is 5.69 Å². The van der Waals surface area contributed by atoms with E-state index in [1.807, 2.05) is 23.6 Å². The molecule has 0 aromatic carbocycles. The molecule has 0 amide bonds. The standard InChI is InChI=1S/C17H23N3S/c1-14-7-11-21-17(14)12-19-15-5-9-20(10-6-15)13-16-4-2-3-8-18-16/h2-4,7-8,11,15,19H,5-6,9-10,12-13H2,1H3. The number of pyridine rings is 1. The van der Waals surface area contributed by atoms with Crippen LogP contribution in [0.25, 0.3) is 0 Å². The number of likely N-dealkylation sites (tertiary alicyclic amines) is 1. The molecule has 1 N–H and O–H groups in total. The molecule has 2 aromatic heterocycles. The van der Waals surface area contributed by atoms with E-state index in [0.29, 0.717) is 6.04 Å². The Hall–Kier alpha value is -1.23. The molecule has 21 heavy (non-hydrogen) atoms. The van der Waals surface area contributed by atoms with E-state index in [4.69, 9.17) is 0 Å². The van der Waals surface area contributed by atoms with E-state index in [-0.39, 0.29) is 0 Å². The predicted octanol–water partition coefficient (Wildman–Crippen LogP) is 3.21. The van der Waals surface area contributed by atoms with Gasteiger partial charge in [-0.15, -0.1) is 11.3 Å². The third-order valence-corrected chi connectivity index (χ3v) is 5.24. The summed E-state index contributed by atoms with van der Waals surface area (Å²) < 4.78 is 0. The fraction of sp³-hybridized carbons (Fsp3) is 0.471. The molecule has 0 radical (unpaired) electrons. The van der Waals surface area contributed by atoms with Gasteiger partial charge in [0, 0.05) is 43.3 Å². The van der Waals surface area contributed by atoms with Crippen LogP contribution in [0.3, 0.4) is 0 Å². The Kier molecular flexibility index (Phi) is 5.01. The first-order valence-corrected chi connectivity index (χ1v) is 8.58. The van der Waals surface area contributed by atoms with Gasteiger partial charge in [0.2, 0.25) is 0 Å². The molecule has 1 aliphatic heterocycles. The van der Waals surface area contributed by atoms with Crippen LogP contribution in [0.15, 0.2) is 35.8 Å². The predicted molar refractivity (Wildman–Crippen MR) is 88.4 cm³/mol. The van der Waals surface area contributed by atoms with Crippen LogP contribution in [-0.2, 0) is 13.1 Å². The average Bonchev–Trinajstić information content (AvgIpc) is 2.93. The van der Waals surface area contributed by atoms with Crippen LogP contribution in [-0.4, -0.2) is 29.0 Å². The molecule has 3 heterocycles. The second-order valence-electron chi connectivity index (χ2n) is 5.78. The van der Waals surface area contributed by atoms with Gasteiger partial charge in [-0.1, -0.05) is 6.07 Å². The van der Waals surface area contributed by atoms with Crippen molar-refractivity contribution >= 4 is 11.3 Å². The number of piperidine rings is 1. The molecule has 4 heteroatoms. The van der Waals surface area contributed by atoms with E-state index in [1.54, 1.807) is 0 Å². The molecule has 3 nitrogen and oxygen atoms in total. The molecule has 0 aliphatic carbocycles. The Balaban J connectivity index is 1.42. The second kappa shape index (κ2) is 7.16. The monoisotopic (exact) mass is 301 g/mol. The van der Waals surface area contributed by atoms with Crippen molar-refractivity contribution in [2.45, 2.75) is 38.9 Å². The van der Waals surface area contributed by atoms with Crippen LogP contribution < -0.4 is 5.32 Å². The third kappa shape index (κ3) is 4.13. The number of aryl methyl sites for hydroxylation is 1. The lowest BCUT2D eigenvalue weighted by Gasteiger charge is -2.32. The van der Waals surface area contributed by atoms with Crippen molar-refractivity contribution in [2.75, 3.05) is 13.1 Å². The smallest absolute Gasteiger partial charge is 0.0543 e. The van der Waals surface area contributed by atoms with Crippen molar-refractivity contribution in [1.29, 1.82) is 0 Å². The Bertz CT molecular complexity index is 544. The van der Waals surface area contributed by atoms with Crippen LogP contribution in [0, 0.1) is 6.92 Å². The SMILES string of the molecule is Cc1ccsc1CNC1CCN(Cc2ccccn2)CC1. The Morgan fingerprint density at radius 2 is 2.14 bits per heavy atom. The maximum atomic E-state index is 4.42. The molecule has 0 spiro atoms. The minimum absolute atomic E-state index is 0.659. The summed E-state index contributed by atoms with van der Waals surface area (Å²) >= 11 is 1.86. The van der Waals surface area contributed by atoms with Gasteiger partial charge in [0.15, 0.2) is 0 Å². The maximum absolute atomic E-state index is 4.42. The fourth-order valence-corrected chi connectivity index (χ4v) is 3.70. The first-order chi connectivity index (χ1) is 10.3. The van der Waals surface area contributed by atoms with E-state index in [9.17, 15) is 0 Å². The van der Waals surface area contributed by atoms with Crippen LogP contribution in [0.2, 0.25) is 0 Å². The zero-order chi connectivity index (χ0) is 14.5. The highest BCUT2D eigenvalue weighted by atomic mass is 32.1. The average molecular weight is 301 g/mol. The van der Waals surface area contributed by atoms with Gasteiger partial charge in [-0.2, -0.15) is 0 Å². The number of aromatic nitrogens is 1. The van der Waals surface area contributed by atoms with Gasteiger partial charge in [-0.25, -0.2) is 0 Å². The topological polar surface area (TPSA) is 28.2 Å². The summed E-state index contributed by atoms with van der Waals surface area (Å²) in [7, 11) is 0. The minimum Gasteiger partial charge on any atom is -0.309 e. The molecule has 1 saturated heterocycles. The van der Waals surface area contributed by atoms with E-state index in [0.717, 1.165) is 26.2 Å². The molecule has 3 rings (SSSR count). The minimum atomic E-state index is 0.659. The summed E-state index contributed by atoms with van der Waals surface area (Å²) in [6, 6.07) is 9.03. The first-order valence-electron chi connectivity index (χ1n) is 7.70. The molecule has 1 aliphatic rings. The summed E-state index contributed by atoms with van der Waals surface area (Å²) in [5.41, 5.74) is 2.60. The number of rotatable bonds is 5. The summed E-state index contributed by atoms with van der Waals surface area (Å²) in [6.45, 7) is 6.53. The van der Waals surface area contributed by atoms with Crippen molar-refractivity contribution in [1.82, 2.24) is 15.2 Å². The Labute approximate surface area is 131 Å². The van der Waals surface area contributed by atoms with Crippen molar-refractivity contribution in [3.8, 4) is 0 Å². The van der Waals surface area contributed by atoms with Gasteiger partial charge in [-0.3, -0.25) is 9.88 Å². The zero-order valence-electron chi connectivity index (χ0n) is 12.6. The Morgan fingerprint density at radius 3 is 2.81 bits per heavy atom. The van der Waals surface area contributed by atoms with Crippen molar-refractivity contribution in [3.63, 3.8) is 0 Å². The lowest BCUT2D eigenvalue weighted by molar-refractivity contribution is 0.188. The molecule has 0 saturated carbocycles. The quantitative estimate of drug-likeness (QED) is 0.919. The van der Waals surface area contributed by atoms with Crippen molar-refractivity contribution in [3.05, 3.63) is 52.0 Å². The van der Waals surface area contributed by atoms with E-state index in [1.165, 1.54) is 29.0 Å². The first kappa shape index (κ1) is 14.7. The lowest BCUT2D eigenvalue weighted by Crippen LogP contribution is -2.41. The number of thiophene rings is 1. The molecular formula is C17H23N3S.